The predicted octanol–water partition coefficient (Wildman–Crippen LogP) is 3.13. The third-order valence-corrected chi connectivity index (χ3v) is 4.24. The van der Waals surface area contributed by atoms with Crippen LogP contribution in [-0.2, 0) is 0 Å². The van der Waals surface area contributed by atoms with E-state index < -0.39 is 10.8 Å². The lowest BCUT2D eigenvalue weighted by molar-refractivity contribution is -0.384. The van der Waals surface area contributed by atoms with Crippen molar-refractivity contribution in [2.45, 2.75) is 13.3 Å². The SMILES string of the molecule is CCOc1ccc(N(CCC#N)C(=O)c2ccc(-n3cncn3)c([N+](=O)[O-])c2)cc1. The van der Waals surface area contributed by atoms with Gasteiger partial charge in [-0.3, -0.25) is 14.9 Å². The van der Waals surface area contributed by atoms with Gasteiger partial charge < -0.3 is 9.64 Å². The van der Waals surface area contributed by atoms with Gasteiger partial charge in [0.05, 0.1) is 24.0 Å². The zero-order valence-electron chi connectivity index (χ0n) is 16.1. The molecule has 0 saturated carbocycles. The van der Waals surface area contributed by atoms with Gasteiger partial charge in [-0.15, -0.1) is 0 Å². The maximum atomic E-state index is 13.2. The van der Waals surface area contributed by atoms with Crippen molar-refractivity contribution in [3.63, 3.8) is 0 Å². The first-order chi connectivity index (χ1) is 14.5. The fourth-order valence-electron chi connectivity index (χ4n) is 2.88. The molecule has 1 heterocycles. The summed E-state index contributed by atoms with van der Waals surface area (Å²) in [6.07, 6.45) is 2.71. The van der Waals surface area contributed by atoms with Crippen LogP contribution in [0.1, 0.15) is 23.7 Å². The number of hydrogen-bond donors (Lipinski definition) is 0. The van der Waals surface area contributed by atoms with Crippen molar-refractivity contribution in [2.24, 2.45) is 0 Å². The summed E-state index contributed by atoms with van der Waals surface area (Å²) in [6.45, 7) is 2.52. The summed E-state index contributed by atoms with van der Waals surface area (Å²) < 4.78 is 6.67. The van der Waals surface area contributed by atoms with Crippen LogP contribution < -0.4 is 9.64 Å². The van der Waals surface area contributed by atoms with Gasteiger partial charge in [0.15, 0.2) is 0 Å². The average Bonchev–Trinajstić information content (AvgIpc) is 3.29. The van der Waals surface area contributed by atoms with Crippen LogP contribution in [-0.4, -0.2) is 38.7 Å². The first kappa shape index (κ1) is 20.5. The highest BCUT2D eigenvalue weighted by Crippen LogP contribution is 2.26. The van der Waals surface area contributed by atoms with E-state index in [1.807, 2.05) is 13.0 Å². The lowest BCUT2D eigenvalue weighted by atomic mass is 10.1. The van der Waals surface area contributed by atoms with Gasteiger partial charge in [0.1, 0.15) is 24.1 Å². The van der Waals surface area contributed by atoms with E-state index in [1.165, 1.54) is 40.4 Å². The summed E-state index contributed by atoms with van der Waals surface area (Å²) in [7, 11) is 0. The molecule has 1 amide bonds. The number of ether oxygens (including phenoxy) is 1. The number of hydrogen-bond acceptors (Lipinski definition) is 7. The predicted molar refractivity (Wildman–Crippen MR) is 108 cm³/mol. The molecule has 30 heavy (non-hydrogen) atoms. The monoisotopic (exact) mass is 406 g/mol. The van der Waals surface area contributed by atoms with Crippen molar-refractivity contribution in [3.05, 3.63) is 70.8 Å². The molecule has 0 atom stereocenters. The molecule has 10 nitrogen and oxygen atoms in total. The molecule has 0 aliphatic carbocycles. The number of amides is 1. The molecule has 0 saturated heterocycles. The zero-order valence-corrected chi connectivity index (χ0v) is 16.1. The summed E-state index contributed by atoms with van der Waals surface area (Å²) in [5, 5.41) is 24.4. The molecule has 0 spiro atoms. The Morgan fingerprint density at radius 3 is 2.67 bits per heavy atom. The van der Waals surface area contributed by atoms with Gasteiger partial charge in [-0.05, 0) is 43.3 Å². The molecule has 0 N–H and O–H groups in total. The summed E-state index contributed by atoms with van der Waals surface area (Å²) in [5.41, 5.74) is 0.594. The quantitative estimate of drug-likeness (QED) is 0.415. The van der Waals surface area contributed by atoms with Crippen molar-refractivity contribution in [3.8, 4) is 17.5 Å². The Hall–Kier alpha value is -4.26. The molecule has 0 radical (unpaired) electrons. The van der Waals surface area contributed by atoms with Crippen molar-refractivity contribution < 1.29 is 14.5 Å². The standard InChI is InChI=1S/C20H18N6O4/c1-2-30-17-7-5-16(6-8-17)24(11-3-10-21)20(27)15-4-9-18(19(12-15)26(28)29)25-14-22-13-23-25/h4-9,12-14H,2-3,11H2,1H3. The minimum Gasteiger partial charge on any atom is -0.494 e. The fraction of sp³-hybridized carbons (Fsp3) is 0.200. The smallest absolute Gasteiger partial charge is 0.295 e. The van der Waals surface area contributed by atoms with Crippen molar-refractivity contribution in [1.82, 2.24) is 14.8 Å². The van der Waals surface area contributed by atoms with E-state index in [4.69, 9.17) is 10.00 Å². The van der Waals surface area contributed by atoms with E-state index in [0.717, 1.165) is 0 Å². The third kappa shape index (κ3) is 4.41. The van der Waals surface area contributed by atoms with Crippen LogP contribution in [0.5, 0.6) is 5.75 Å². The number of anilines is 1. The second kappa shape index (κ2) is 9.29. The first-order valence-corrected chi connectivity index (χ1v) is 9.10. The molecule has 3 aromatic rings. The Morgan fingerprint density at radius 2 is 2.07 bits per heavy atom. The highest BCUT2D eigenvalue weighted by Gasteiger charge is 2.23. The van der Waals surface area contributed by atoms with Gasteiger partial charge >= 0.3 is 0 Å². The number of nitro groups is 1. The van der Waals surface area contributed by atoms with Crippen LogP contribution in [0.3, 0.4) is 0 Å². The highest BCUT2D eigenvalue weighted by atomic mass is 16.6. The number of carbonyl (C=O) groups excluding carboxylic acids is 1. The Morgan fingerprint density at radius 1 is 1.30 bits per heavy atom. The van der Waals surface area contributed by atoms with Crippen LogP contribution in [0.15, 0.2) is 55.1 Å². The highest BCUT2D eigenvalue weighted by molar-refractivity contribution is 6.06. The van der Waals surface area contributed by atoms with Gasteiger partial charge in [-0.1, -0.05) is 0 Å². The first-order valence-electron chi connectivity index (χ1n) is 9.10. The fourth-order valence-corrected chi connectivity index (χ4v) is 2.88. The van der Waals surface area contributed by atoms with Gasteiger partial charge in [0.25, 0.3) is 11.6 Å². The summed E-state index contributed by atoms with van der Waals surface area (Å²) >= 11 is 0. The molecule has 152 valence electrons. The van der Waals surface area contributed by atoms with Crippen molar-refractivity contribution in [1.29, 1.82) is 5.26 Å². The second-order valence-corrected chi connectivity index (χ2v) is 6.09. The van der Waals surface area contributed by atoms with E-state index in [-0.39, 0.29) is 29.9 Å². The van der Waals surface area contributed by atoms with Gasteiger partial charge in [0, 0.05) is 23.9 Å². The normalized spacial score (nSPS) is 10.3. The van der Waals surface area contributed by atoms with E-state index in [1.54, 1.807) is 24.3 Å². The van der Waals surface area contributed by atoms with Gasteiger partial charge in [0.2, 0.25) is 0 Å². The third-order valence-electron chi connectivity index (χ3n) is 4.24. The lowest BCUT2D eigenvalue weighted by Crippen LogP contribution is -2.31. The lowest BCUT2D eigenvalue weighted by Gasteiger charge is -2.22. The molecular weight excluding hydrogens is 388 g/mol. The summed E-state index contributed by atoms with van der Waals surface area (Å²) in [5.74, 6) is 0.199. The maximum Gasteiger partial charge on any atom is 0.295 e. The molecule has 0 aliphatic heterocycles. The number of nitrogens with zero attached hydrogens (tertiary/aromatic N) is 6. The molecule has 0 aliphatic rings. The zero-order chi connectivity index (χ0) is 21.5. The molecule has 0 unspecified atom stereocenters. The van der Waals surface area contributed by atoms with Crippen molar-refractivity contribution in [2.75, 3.05) is 18.1 Å². The minimum absolute atomic E-state index is 0.109. The maximum absolute atomic E-state index is 13.2. The van der Waals surface area contributed by atoms with Crippen LogP contribution in [0.25, 0.3) is 5.69 Å². The molecular formula is C20H18N6O4. The molecule has 0 fully saturated rings. The Labute approximate surface area is 172 Å². The van der Waals surface area contributed by atoms with E-state index in [2.05, 4.69) is 10.1 Å². The number of nitriles is 1. The van der Waals surface area contributed by atoms with Crippen LogP contribution >= 0.6 is 0 Å². The second-order valence-electron chi connectivity index (χ2n) is 6.09. The number of nitro benzene ring substituents is 1. The Kier molecular flexibility index (Phi) is 6.34. The van der Waals surface area contributed by atoms with E-state index in [9.17, 15) is 14.9 Å². The largest absolute Gasteiger partial charge is 0.494 e. The molecule has 10 heteroatoms. The number of carbonyl (C=O) groups is 1. The average molecular weight is 406 g/mol. The Bertz CT molecular complexity index is 1070. The molecule has 1 aromatic heterocycles. The topological polar surface area (TPSA) is 127 Å². The van der Waals surface area contributed by atoms with Crippen LogP contribution in [0, 0.1) is 21.4 Å². The van der Waals surface area contributed by atoms with Crippen LogP contribution in [0.2, 0.25) is 0 Å². The number of rotatable bonds is 8. The van der Waals surface area contributed by atoms with Crippen LogP contribution in [0.4, 0.5) is 11.4 Å². The number of aromatic nitrogens is 3. The number of benzene rings is 2. The minimum atomic E-state index is -0.579. The van der Waals surface area contributed by atoms with Gasteiger partial charge in [-0.25, -0.2) is 9.67 Å². The molecule has 0 bridgehead atoms. The van der Waals surface area contributed by atoms with Gasteiger partial charge in [-0.2, -0.15) is 10.4 Å². The van der Waals surface area contributed by atoms with E-state index >= 15 is 0 Å². The summed E-state index contributed by atoms with van der Waals surface area (Å²) in [6, 6.07) is 13.0. The molecule has 2 aromatic carbocycles. The van der Waals surface area contributed by atoms with Crippen molar-refractivity contribution >= 4 is 17.3 Å². The summed E-state index contributed by atoms with van der Waals surface area (Å²) in [4.78, 5) is 29.3. The molecule has 3 rings (SSSR count). The Balaban J connectivity index is 1.97. The van der Waals surface area contributed by atoms with E-state index in [0.29, 0.717) is 18.0 Å².